The molecule has 0 saturated carbocycles. The lowest BCUT2D eigenvalue weighted by molar-refractivity contribution is -0.150. The fourth-order valence-corrected chi connectivity index (χ4v) is 3.98. The standard InChI is InChI=1S/C12H12N6O5S2/c1-23-16-5(7-15-12(13)25-17-7)8(19)14-6-9(20)18-4(11(21)22)2-3-24-10(6)18/h2,6,10H,3H2,1H3,(H,14,19)(H,21,22)(H2,13,15,17)/t6?,10-/m1/s1. The van der Waals surface area contributed by atoms with Crippen molar-refractivity contribution in [2.45, 2.75) is 11.4 Å². The summed E-state index contributed by atoms with van der Waals surface area (Å²) in [5.74, 6) is -2.02. The molecule has 2 atom stereocenters. The number of nitrogens with zero attached hydrogens (tertiary/aromatic N) is 4. The molecule has 0 aliphatic carbocycles. The quantitative estimate of drug-likeness (QED) is 0.323. The molecule has 0 bridgehead atoms. The third kappa shape index (κ3) is 3.02. The van der Waals surface area contributed by atoms with Gasteiger partial charge >= 0.3 is 5.97 Å². The maximum Gasteiger partial charge on any atom is 0.352 e. The topological polar surface area (TPSA) is 160 Å². The lowest BCUT2D eigenvalue weighted by Gasteiger charge is -2.48. The van der Waals surface area contributed by atoms with Gasteiger partial charge in [0.05, 0.1) is 0 Å². The molecule has 0 radical (unpaired) electrons. The summed E-state index contributed by atoms with van der Waals surface area (Å²) in [5, 5.41) is 14.9. The Balaban J connectivity index is 1.75. The first-order valence-electron chi connectivity index (χ1n) is 6.83. The van der Waals surface area contributed by atoms with Crippen LogP contribution in [0.25, 0.3) is 0 Å². The molecule has 1 unspecified atom stereocenters. The Hall–Kier alpha value is -2.67. The highest BCUT2D eigenvalue weighted by Crippen LogP contribution is 2.37. The molecule has 1 fully saturated rings. The zero-order chi connectivity index (χ0) is 18.1. The van der Waals surface area contributed by atoms with E-state index in [4.69, 9.17) is 10.8 Å². The molecule has 4 N–H and O–H groups in total. The van der Waals surface area contributed by atoms with E-state index < -0.39 is 29.2 Å². The summed E-state index contributed by atoms with van der Waals surface area (Å²) in [6.45, 7) is 0. The molecule has 3 rings (SSSR count). The maximum absolute atomic E-state index is 12.4. The third-order valence-corrected chi connectivity index (χ3v) is 5.13. The number of thioether (sulfide) groups is 1. The number of hydrogen-bond donors (Lipinski definition) is 3. The summed E-state index contributed by atoms with van der Waals surface area (Å²) in [6.07, 6.45) is 1.46. The fraction of sp³-hybridized carbons (Fsp3) is 0.333. The van der Waals surface area contributed by atoms with E-state index in [1.54, 1.807) is 0 Å². The number of amides is 2. The van der Waals surface area contributed by atoms with Gasteiger partial charge < -0.3 is 21.0 Å². The lowest BCUT2D eigenvalue weighted by Crippen LogP contribution is -2.70. The number of anilines is 1. The second kappa shape index (κ2) is 6.68. The van der Waals surface area contributed by atoms with Gasteiger partial charge in [-0.15, -0.1) is 11.8 Å². The summed E-state index contributed by atoms with van der Waals surface area (Å²) in [7, 11) is 1.25. The second-order valence-corrected chi connectivity index (χ2v) is 6.79. The van der Waals surface area contributed by atoms with Crippen LogP contribution in [0.5, 0.6) is 0 Å². The van der Waals surface area contributed by atoms with Crippen LogP contribution < -0.4 is 11.1 Å². The Labute approximate surface area is 149 Å². The largest absolute Gasteiger partial charge is 0.477 e. The number of carbonyl (C=O) groups is 3. The first kappa shape index (κ1) is 17.2. The number of rotatable bonds is 5. The minimum Gasteiger partial charge on any atom is -0.477 e. The van der Waals surface area contributed by atoms with Crippen molar-refractivity contribution in [3.05, 3.63) is 17.6 Å². The van der Waals surface area contributed by atoms with Gasteiger partial charge in [-0.05, 0) is 6.08 Å². The van der Waals surface area contributed by atoms with Crippen molar-refractivity contribution in [3.8, 4) is 0 Å². The molecule has 25 heavy (non-hydrogen) atoms. The van der Waals surface area contributed by atoms with E-state index in [0.717, 1.165) is 16.4 Å². The van der Waals surface area contributed by atoms with E-state index in [0.29, 0.717) is 5.75 Å². The van der Waals surface area contributed by atoms with E-state index in [-0.39, 0.29) is 22.4 Å². The highest BCUT2D eigenvalue weighted by atomic mass is 32.2. The highest BCUT2D eigenvalue weighted by molar-refractivity contribution is 8.00. The molecular formula is C12H12N6O5S2. The van der Waals surface area contributed by atoms with Crippen molar-refractivity contribution in [1.82, 2.24) is 19.6 Å². The number of aromatic nitrogens is 2. The summed E-state index contributed by atoms with van der Waals surface area (Å²) in [5.41, 5.74) is 5.19. The lowest BCUT2D eigenvalue weighted by atomic mass is 10.0. The Morgan fingerprint density at radius 3 is 2.92 bits per heavy atom. The minimum absolute atomic E-state index is 0.0205. The molecule has 3 heterocycles. The molecule has 0 aromatic carbocycles. The number of nitrogens with one attached hydrogen (secondary N) is 1. The predicted octanol–water partition coefficient (Wildman–Crippen LogP) is -1.16. The van der Waals surface area contributed by atoms with Gasteiger partial charge in [-0.2, -0.15) is 9.36 Å². The zero-order valence-corrected chi connectivity index (χ0v) is 14.3. The molecule has 0 spiro atoms. The SMILES string of the molecule is CON=C(C(=O)NC1C(=O)N2C(C(=O)O)=CCS[C@H]12)c1nsc(N)n1. The van der Waals surface area contributed by atoms with E-state index in [1.165, 1.54) is 24.9 Å². The van der Waals surface area contributed by atoms with Crippen molar-refractivity contribution in [1.29, 1.82) is 0 Å². The van der Waals surface area contributed by atoms with Crippen LogP contribution in [0.3, 0.4) is 0 Å². The number of carbonyl (C=O) groups excluding carboxylic acids is 2. The van der Waals surface area contributed by atoms with Crippen molar-refractivity contribution in [2.24, 2.45) is 5.16 Å². The van der Waals surface area contributed by atoms with Gasteiger partial charge in [0, 0.05) is 17.3 Å². The summed E-state index contributed by atoms with van der Waals surface area (Å²) in [4.78, 5) is 45.5. The number of oxime groups is 1. The van der Waals surface area contributed by atoms with E-state index in [9.17, 15) is 14.4 Å². The normalized spacial score (nSPS) is 22.6. The minimum atomic E-state index is -1.19. The summed E-state index contributed by atoms with van der Waals surface area (Å²) in [6, 6.07) is -0.876. The van der Waals surface area contributed by atoms with Gasteiger partial charge in [0.15, 0.2) is 5.13 Å². The van der Waals surface area contributed by atoms with Crippen molar-refractivity contribution in [2.75, 3.05) is 18.6 Å². The second-order valence-electron chi connectivity index (χ2n) is 4.86. The van der Waals surface area contributed by atoms with Crippen LogP contribution in [0, 0.1) is 0 Å². The van der Waals surface area contributed by atoms with Crippen LogP contribution in [0.4, 0.5) is 5.13 Å². The van der Waals surface area contributed by atoms with Crippen LogP contribution in [0.1, 0.15) is 5.82 Å². The number of nitrogen functional groups attached to an aromatic ring is 1. The molecule has 1 aromatic heterocycles. The fourth-order valence-electron chi connectivity index (χ4n) is 2.35. The van der Waals surface area contributed by atoms with Crippen molar-refractivity contribution >= 4 is 51.9 Å². The van der Waals surface area contributed by atoms with Gasteiger partial charge in [0.2, 0.25) is 11.5 Å². The van der Waals surface area contributed by atoms with Gasteiger partial charge in [-0.3, -0.25) is 14.5 Å². The molecule has 2 aliphatic heterocycles. The number of nitrogens with two attached hydrogens (primary N) is 1. The van der Waals surface area contributed by atoms with Gasteiger partial charge in [-0.1, -0.05) is 5.16 Å². The molecule has 1 aromatic rings. The van der Waals surface area contributed by atoms with Crippen LogP contribution in [0.15, 0.2) is 16.9 Å². The predicted molar refractivity (Wildman–Crippen MR) is 88.6 cm³/mol. The smallest absolute Gasteiger partial charge is 0.352 e. The number of hydrogen-bond acceptors (Lipinski definition) is 10. The molecule has 1 saturated heterocycles. The molecule has 132 valence electrons. The van der Waals surface area contributed by atoms with E-state index >= 15 is 0 Å². The first-order chi connectivity index (χ1) is 11.9. The molecule has 2 aliphatic rings. The number of aliphatic carboxylic acids is 1. The number of fused-ring (bicyclic) bond motifs is 1. The maximum atomic E-state index is 12.4. The van der Waals surface area contributed by atoms with Gasteiger partial charge in [-0.25, -0.2) is 4.79 Å². The summed E-state index contributed by atoms with van der Waals surface area (Å²) < 4.78 is 3.89. The Kier molecular flexibility index (Phi) is 4.59. The average Bonchev–Trinajstić information content (AvgIpc) is 3.02. The molecular weight excluding hydrogens is 372 g/mol. The molecule has 2 amide bonds. The van der Waals surface area contributed by atoms with Crippen molar-refractivity contribution < 1.29 is 24.3 Å². The van der Waals surface area contributed by atoms with Crippen LogP contribution >= 0.6 is 23.3 Å². The Bertz CT molecular complexity index is 806. The van der Waals surface area contributed by atoms with Gasteiger partial charge in [0.1, 0.15) is 24.2 Å². The van der Waals surface area contributed by atoms with Crippen molar-refractivity contribution in [3.63, 3.8) is 0 Å². The van der Waals surface area contributed by atoms with Crippen LogP contribution in [-0.2, 0) is 19.2 Å². The highest BCUT2D eigenvalue weighted by Gasteiger charge is 2.53. The number of carboxylic acids is 1. The Morgan fingerprint density at radius 2 is 2.32 bits per heavy atom. The monoisotopic (exact) mass is 384 g/mol. The average molecular weight is 384 g/mol. The van der Waals surface area contributed by atoms with E-state index in [1.807, 2.05) is 0 Å². The molecule has 11 nitrogen and oxygen atoms in total. The summed E-state index contributed by atoms with van der Waals surface area (Å²) >= 11 is 2.23. The third-order valence-electron chi connectivity index (χ3n) is 3.40. The van der Waals surface area contributed by atoms with E-state index in [2.05, 4.69) is 24.7 Å². The van der Waals surface area contributed by atoms with Crippen LogP contribution in [0.2, 0.25) is 0 Å². The first-order valence-corrected chi connectivity index (χ1v) is 8.66. The number of carboxylic acid groups (broad SMARTS) is 1. The number of β-lactam (4-membered cyclic amide) rings is 1. The zero-order valence-electron chi connectivity index (χ0n) is 12.7. The van der Waals surface area contributed by atoms with Crippen LogP contribution in [-0.4, -0.2) is 67.1 Å². The van der Waals surface area contributed by atoms with Gasteiger partial charge in [0.25, 0.3) is 11.8 Å². The Morgan fingerprint density at radius 1 is 1.56 bits per heavy atom. The molecule has 13 heteroatoms.